The third-order valence-electron chi connectivity index (χ3n) is 2.36. The van der Waals surface area contributed by atoms with Gasteiger partial charge < -0.3 is 10.6 Å². The molecule has 0 saturated carbocycles. The van der Waals surface area contributed by atoms with Crippen molar-refractivity contribution >= 4 is 33.2 Å². The van der Waals surface area contributed by atoms with Gasteiger partial charge in [-0.15, -0.1) is 11.3 Å². The summed E-state index contributed by atoms with van der Waals surface area (Å²) in [5.74, 6) is 0.0422. The Hall–Kier alpha value is -0.390. The number of halogens is 1. The Kier molecular flexibility index (Phi) is 6.01. The molecule has 0 bridgehead atoms. The molecule has 0 aliphatic carbocycles. The van der Waals surface area contributed by atoms with Gasteiger partial charge in [-0.05, 0) is 40.7 Å². The van der Waals surface area contributed by atoms with E-state index in [2.05, 4.69) is 40.4 Å². The Balaban J connectivity index is 2.23. The monoisotopic (exact) mass is 304 g/mol. The van der Waals surface area contributed by atoms with Crippen LogP contribution in [0.3, 0.4) is 0 Å². The summed E-state index contributed by atoms with van der Waals surface area (Å²) in [4.78, 5) is 12.6. The molecule has 0 fully saturated rings. The third kappa shape index (κ3) is 4.63. The van der Waals surface area contributed by atoms with Gasteiger partial charge in [-0.25, -0.2) is 0 Å². The molecule has 3 nitrogen and oxygen atoms in total. The van der Waals surface area contributed by atoms with Gasteiger partial charge in [0.1, 0.15) is 0 Å². The molecule has 0 saturated heterocycles. The summed E-state index contributed by atoms with van der Waals surface area (Å²) < 4.78 is 1.06. The van der Waals surface area contributed by atoms with E-state index in [0.717, 1.165) is 15.8 Å². The summed E-state index contributed by atoms with van der Waals surface area (Å²) in [6, 6.07) is 2.38. The van der Waals surface area contributed by atoms with Crippen molar-refractivity contribution in [2.75, 3.05) is 6.54 Å². The van der Waals surface area contributed by atoms with Crippen molar-refractivity contribution in [1.29, 1.82) is 0 Å². The highest BCUT2D eigenvalue weighted by Gasteiger charge is 2.05. The lowest BCUT2D eigenvalue weighted by Gasteiger charge is -2.10. The number of carbonyl (C=O) groups is 1. The van der Waals surface area contributed by atoms with Crippen molar-refractivity contribution in [3.8, 4) is 0 Å². The zero-order valence-electron chi connectivity index (χ0n) is 9.55. The quantitative estimate of drug-likeness (QED) is 0.848. The van der Waals surface area contributed by atoms with Gasteiger partial charge in [-0.2, -0.15) is 0 Å². The first kappa shape index (κ1) is 13.7. The molecule has 1 aromatic heterocycles. The lowest BCUT2D eigenvalue weighted by atomic mass is 10.2. The first-order chi connectivity index (χ1) is 7.63. The van der Waals surface area contributed by atoms with E-state index in [1.165, 1.54) is 0 Å². The maximum absolute atomic E-state index is 11.5. The summed E-state index contributed by atoms with van der Waals surface area (Å²) in [5.41, 5.74) is 0. The van der Waals surface area contributed by atoms with Crippen molar-refractivity contribution in [2.24, 2.45) is 0 Å². The van der Waals surface area contributed by atoms with Crippen LogP contribution in [0.25, 0.3) is 0 Å². The molecule has 1 aromatic rings. The molecule has 1 heterocycles. The molecular formula is C11H17BrN2OS. The Morgan fingerprint density at radius 2 is 2.38 bits per heavy atom. The second kappa shape index (κ2) is 7.04. The minimum atomic E-state index is 0.0422. The minimum Gasteiger partial charge on any atom is -0.350 e. The minimum absolute atomic E-state index is 0.0422. The fourth-order valence-electron chi connectivity index (χ4n) is 1.10. The van der Waals surface area contributed by atoms with E-state index in [-0.39, 0.29) is 5.91 Å². The fraction of sp³-hybridized carbons (Fsp3) is 0.545. The van der Waals surface area contributed by atoms with Crippen LogP contribution >= 0.6 is 27.3 Å². The van der Waals surface area contributed by atoms with E-state index in [1.54, 1.807) is 11.3 Å². The van der Waals surface area contributed by atoms with Gasteiger partial charge in [0.15, 0.2) is 0 Å². The van der Waals surface area contributed by atoms with Crippen LogP contribution in [0.2, 0.25) is 0 Å². The summed E-state index contributed by atoms with van der Waals surface area (Å²) in [6.45, 7) is 5.15. The molecule has 0 spiro atoms. The molecule has 1 amide bonds. The van der Waals surface area contributed by atoms with E-state index in [9.17, 15) is 4.79 Å². The van der Waals surface area contributed by atoms with Crippen LogP contribution < -0.4 is 10.6 Å². The van der Waals surface area contributed by atoms with E-state index in [1.807, 2.05) is 11.4 Å². The maximum Gasteiger partial charge on any atom is 0.234 e. The van der Waals surface area contributed by atoms with E-state index < -0.39 is 0 Å². The van der Waals surface area contributed by atoms with Gasteiger partial charge in [0.05, 0.1) is 13.1 Å². The van der Waals surface area contributed by atoms with Crippen LogP contribution in [0.4, 0.5) is 0 Å². The van der Waals surface area contributed by atoms with Crippen LogP contribution in [0.1, 0.15) is 25.1 Å². The molecule has 90 valence electrons. The summed E-state index contributed by atoms with van der Waals surface area (Å²) in [6.07, 6.45) is 1.03. The number of amides is 1. The van der Waals surface area contributed by atoms with Gasteiger partial charge in [-0.3, -0.25) is 4.79 Å². The second-order valence-corrected chi connectivity index (χ2v) is 5.51. The molecule has 0 aliphatic heterocycles. The normalized spacial score (nSPS) is 12.4. The van der Waals surface area contributed by atoms with Gasteiger partial charge in [0, 0.05) is 15.4 Å². The molecule has 0 aromatic carbocycles. The smallest absolute Gasteiger partial charge is 0.234 e. The van der Waals surface area contributed by atoms with E-state index >= 15 is 0 Å². The van der Waals surface area contributed by atoms with Crippen LogP contribution in [0.15, 0.2) is 15.9 Å². The fourth-order valence-corrected chi connectivity index (χ4v) is 2.54. The van der Waals surface area contributed by atoms with Gasteiger partial charge in [0.2, 0.25) is 5.91 Å². The molecular weight excluding hydrogens is 288 g/mol. The first-order valence-corrected chi connectivity index (χ1v) is 7.02. The summed E-state index contributed by atoms with van der Waals surface area (Å²) >= 11 is 5.07. The van der Waals surface area contributed by atoms with Crippen molar-refractivity contribution in [3.05, 3.63) is 20.8 Å². The van der Waals surface area contributed by atoms with Crippen LogP contribution in [-0.2, 0) is 11.3 Å². The number of rotatable bonds is 6. The van der Waals surface area contributed by atoms with Gasteiger partial charge >= 0.3 is 0 Å². The number of carbonyl (C=O) groups excluding carboxylic acids is 1. The number of hydrogen-bond acceptors (Lipinski definition) is 3. The van der Waals surface area contributed by atoms with Gasteiger partial charge in [0.25, 0.3) is 0 Å². The summed E-state index contributed by atoms with van der Waals surface area (Å²) in [7, 11) is 0. The molecule has 0 radical (unpaired) electrons. The highest BCUT2D eigenvalue weighted by molar-refractivity contribution is 9.10. The summed E-state index contributed by atoms with van der Waals surface area (Å²) in [5, 5.41) is 8.04. The van der Waals surface area contributed by atoms with Crippen molar-refractivity contribution in [2.45, 2.75) is 32.9 Å². The Labute approximate surface area is 109 Å². The Bertz CT molecular complexity index is 340. The Morgan fingerprint density at radius 3 is 2.94 bits per heavy atom. The first-order valence-electron chi connectivity index (χ1n) is 5.35. The van der Waals surface area contributed by atoms with E-state index in [0.29, 0.717) is 19.1 Å². The predicted octanol–water partition coefficient (Wildman–Crippen LogP) is 2.51. The Morgan fingerprint density at radius 1 is 1.62 bits per heavy atom. The SMILES string of the molecule is CCC(C)NCC(=O)NCc1sccc1Br. The number of hydrogen-bond donors (Lipinski definition) is 2. The lowest BCUT2D eigenvalue weighted by molar-refractivity contribution is -0.120. The van der Waals surface area contributed by atoms with Crippen molar-refractivity contribution in [3.63, 3.8) is 0 Å². The van der Waals surface area contributed by atoms with Crippen molar-refractivity contribution < 1.29 is 4.79 Å². The average molecular weight is 305 g/mol. The number of nitrogens with one attached hydrogen (secondary N) is 2. The van der Waals surface area contributed by atoms with Gasteiger partial charge in [-0.1, -0.05) is 6.92 Å². The molecule has 1 atom stereocenters. The van der Waals surface area contributed by atoms with E-state index in [4.69, 9.17) is 0 Å². The second-order valence-electron chi connectivity index (χ2n) is 3.66. The van der Waals surface area contributed by atoms with Crippen LogP contribution in [0, 0.1) is 0 Å². The highest BCUT2D eigenvalue weighted by Crippen LogP contribution is 2.21. The molecule has 16 heavy (non-hydrogen) atoms. The standard InChI is InChI=1S/C11H17BrN2OS/c1-3-8(2)13-7-11(15)14-6-10-9(12)4-5-16-10/h4-5,8,13H,3,6-7H2,1-2H3,(H,14,15). The zero-order chi connectivity index (χ0) is 12.0. The zero-order valence-corrected chi connectivity index (χ0v) is 12.0. The van der Waals surface area contributed by atoms with Crippen LogP contribution in [0.5, 0.6) is 0 Å². The largest absolute Gasteiger partial charge is 0.350 e. The molecule has 2 N–H and O–H groups in total. The highest BCUT2D eigenvalue weighted by atomic mass is 79.9. The van der Waals surface area contributed by atoms with Crippen molar-refractivity contribution in [1.82, 2.24) is 10.6 Å². The molecule has 0 aliphatic rings. The maximum atomic E-state index is 11.5. The molecule has 5 heteroatoms. The lowest BCUT2D eigenvalue weighted by Crippen LogP contribution is -2.37. The third-order valence-corrected chi connectivity index (χ3v) is 4.29. The topological polar surface area (TPSA) is 41.1 Å². The molecule has 1 unspecified atom stereocenters. The average Bonchev–Trinajstić information content (AvgIpc) is 2.69. The van der Waals surface area contributed by atoms with Crippen LogP contribution in [-0.4, -0.2) is 18.5 Å². The molecule has 1 rings (SSSR count). The predicted molar refractivity (Wildman–Crippen MR) is 71.6 cm³/mol. The number of thiophene rings is 1.